The zero-order chi connectivity index (χ0) is 22.7. The highest BCUT2D eigenvalue weighted by molar-refractivity contribution is 7.89. The molecule has 0 radical (unpaired) electrons. The number of carbonyl (C=O) groups is 1. The lowest BCUT2D eigenvalue weighted by atomic mass is 10.1. The SMILES string of the molecule is CN(CC(=O)Nc1ccc2nc(Cc3ccccc3F)[nH]c2c1)S(=O)(=O)c1cccnc1. The number of rotatable bonds is 7. The summed E-state index contributed by atoms with van der Waals surface area (Å²) in [4.78, 5) is 23.8. The third-order valence-corrected chi connectivity index (χ3v) is 6.63. The van der Waals surface area contributed by atoms with Gasteiger partial charge in [-0.25, -0.2) is 17.8 Å². The van der Waals surface area contributed by atoms with Gasteiger partial charge in [0.15, 0.2) is 0 Å². The first-order chi connectivity index (χ1) is 15.3. The average Bonchev–Trinajstić information content (AvgIpc) is 3.17. The van der Waals surface area contributed by atoms with Gasteiger partial charge >= 0.3 is 0 Å². The highest BCUT2D eigenvalue weighted by atomic mass is 32.2. The van der Waals surface area contributed by atoms with Crippen LogP contribution in [0.25, 0.3) is 11.0 Å². The van der Waals surface area contributed by atoms with Crippen LogP contribution in [-0.4, -0.2) is 47.2 Å². The minimum Gasteiger partial charge on any atom is -0.342 e. The summed E-state index contributed by atoms with van der Waals surface area (Å²) in [5.74, 6) is -0.201. The number of benzene rings is 2. The monoisotopic (exact) mass is 453 g/mol. The minimum atomic E-state index is -3.83. The van der Waals surface area contributed by atoms with Crippen LogP contribution in [0, 0.1) is 5.82 Å². The first-order valence-corrected chi connectivity index (χ1v) is 11.2. The number of likely N-dealkylation sites (N-methyl/N-ethyl adjacent to an activating group) is 1. The molecule has 10 heteroatoms. The van der Waals surface area contributed by atoms with Gasteiger partial charge in [0.05, 0.1) is 17.6 Å². The molecule has 4 rings (SSSR count). The quantitative estimate of drug-likeness (QED) is 0.447. The standard InChI is InChI=1S/C22H20FN5O3S/c1-28(32(30,31)17-6-4-10-24-13-17)14-22(29)25-16-8-9-19-20(12-16)27-21(26-19)11-15-5-2-3-7-18(15)23/h2-10,12-13H,11,14H2,1H3,(H,25,29)(H,26,27). The van der Waals surface area contributed by atoms with E-state index >= 15 is 0 Å². The van der Waals surface area contributed by atoms with Crippen LogP contribution in [0.1, 0.15) is 11.4 Å². The molecule has 0 aliphatic carbocycles. The van der Waals surface area contributed by atoms with E-state index in [4.69, 9.17) is 0 Å². The van der Waals surface area contributed by atoms with Crippen LogP contribution in [0.5, 0.6) is 0 Å². The van der Waals surface area contributed by atoms with Crippen molar-refractivity contribution in [2.75, 3.05) is 18.9 Å². The summed E-state index contributed by atoms with van der Waals surface area (Å²) in [6.45, 7) is -0.364. The van der Waals surface area contributed by atoms with Gasteiger partial charge in [-0.15, -0.1) is 0 Å². The number of H-pyrrole nitrogens is 1. The Morgan fingerprint density at radius 2 is 1.97 bits per heavy atom. The number of aromatic amines is 1. The Balaban J connectivity index is 1.45. The average molecular weight is 453 g/mol. The fraction of sp³-hybridized carbons (Fsp3) is 0.136. The summed E-state index contributed by atoms with van der Waals surface area (Å²) in [7, 11) is -2.50. The van der Waals surface area contributed by atoms with Crippen molar-refractivity contribution in [3.05, 3.63) is 84.2 Å². The minimum absolute atomic E-state index is 0.0107. The number of nitrogens with zero attached hydrogens (tertiary/aromatic N) is 3. The van der Waals surface area contributed by atoms with Crippen LogP contribution in [0.15, 0.2) is 71.9 Å². The summed E-state index contributed by atoms with van der Waals surface area (Å²) in [6, 6.07) is 14.5. The Kier molecular flexibility index (Phi) is 5.97. The Bertz CT molecular complexity index is 1370. The highest BCUT2D eigenvalue weighted by Crippen LogP contribution is 2.20. The van der Waals surface area contributed by atoms with E-state index < -0.39 is 15.9 Å². The summed E-state index contributed by atoms with van der Waals surface area (Å²) in [5, 5.41) is 2.69. The normalized spacial score (nSPS) is 11.7. The maximum atomic E-state index is 13.9. The molecule has 2 N–H and O–H groups in total. The van der Waals surface area contributed by atoms with Gasteiger partial charge < -0.3 is 10.3 Å². The molecule has 4 aromatic rings. The van der Waals surface area contributed by atoms with Crippen LogP contribution in [0.2, 0.25) is 0 Å². The molecule has 0 atom stereocenters. The number of halogens is 1. The second-order valence-electron chi connectivity index (χ2n) is 7.18. The van der Waals surface area contributed by atoms with E-state index in [0.29, 0.717) is 34.5 Å². The maximum absolute atomic E-state index is 13.9. The van der Waals surface area contributed by atoms with E-state index in [0.717, 1.165) is 4.31 Å². The van der Waals surface area contributed by atoms with Crippen LogP contribution in [0.3, 0.4) is 0 Å². The zero-order valence-electron chi connectivity index (χ0n) is 17.1. The van der Waals surface area contributed by atoms with E-state index in [1.807, 2.05) is 0 Å². The number of pyridine rings is 1. The van der Waals surface area contributed by atoms with Crippen molar-refractivity contribution < 1.29 is 17.6 Å². The lowest BCUT2D eigenvalue weighted by Gasteiger charge is -2.16. The van der Waals surface area contributed by atoms with E-state index in [9.17, 15) is 17.6 Å². The molecule has 2 aromatic carbocycles. The summed E-state index contributed by atoms with van der Waals surface area (Å²) in [6.07, 6.45) is 3.01. The molecule has 0 spiro atoms. The first kappa shape index (κ1) is 21.6. The number of carbonyl (C=O) groups excluding carboxylic acids is 1. The van der Waals surface area contributed by atoms with E-state index in [2.05, 4.69) is 20.3 Å². The van der Waals surface area contributed by atoms with Gasteiger partial charge in [0.2, 0.25) is 15.9 Å². The summed E-state index contributed by atoms with van der Waals surface area (Å²) >= 11 is 0. The lowest BCUT2D eigenvalue weighted by molar-refractivity contribution is -0.116. The number of hydrogen-bond acceptors (Lipinski definition) is 5. The molecule has 0 aliphatic heterocycles. The molecular weight excluding hydrogens is 433 g/mol. The Morgan fingerprint density at radius 1 is 1.16 bits per heavy atom. The van der Waals surface area contributed by atoms with Crippen LogP contribution < -0.4 is 5.32 Å². The van der Waals surface area contributed by atoms with Crippen molar-refractivity contribution in [2.24, 2.45) is 0 Å². The molecule has 8 nitrogen and oxygen atoms in total. The number of sulfonamides is 1. The largest absolute Gasteiger partial charge is 0.342 e. The second-order valence-corrected chi connectivity index (χ2v) is 9.23. The van der Waals surface area contributed by atoms with Gasteiger partial charge in [0.25, 0.3) is 0 Å². The van der Waals surface area contributed by atoms with Gasteiger partial charge in [-0.3, -0.25) is 9.78 Å². The van der Waals surface area contributed by atoms with Crippen molar-refractivity contribution in [3.63, 3.8) is 0 Å². The van der Waals surface area contributed by atoms with Gasteiger partial charge in [-0.2, -0.15) is 4.31 Å². The lowest BCUT2D eigenvalue weighted by Crippen LogP contribution is -2.35. The van der Waals surface area contributed by atoms with Crippen molar-refractivity contribution in [1.29, 1.82) is 0 Å². The number of imidazole rings is 1. The fourth-order valence-electron chi connectivity index (χ4n) is 3.21. The molecular formula is C22H20FN5O3S. The number of amides is 1. The number of anilines is 1. The molecule has 0 fully saturated rings. The zero-order valence-corrected chi connectivity index (χ0v) is 17.9. The van der Waals surface area contributed by atoms with E-state index in [-0.39, 0.29) is 17.3 Å². The summed E-state index contributed by atoms with van der Waals surface area (Å²) < 4.78 is 39.9. The van der Waals surface area contributed by atoms with Gasteiger partial charge in [-0.1, -0.05) is 18.2 Å². The van der Waals surface area contributed by atoms with Gasteiger partial charge in [0.1, 0.15) is 16.5 Å². The second kappa shape index (κ2) is 8.85. The van der Waals surface area contributed by atoms with Crippen LogP contribution in [0.4, 0.5) is 10.1 Å². The molecule has 2 aromatic heterocycles. The predicted octanol–water partition coefficient (Wildman–Crippen LogP) is 2.95. The highest BCUT2D eigenvalue weighted by Gasteiger charge is 2.23. The maximum Gasteiger partial charge on any atom is 0.244 e. The Labute approximate surface area is 184 Å². The molecule has 164 valence electrons. The van der Waals surface area contributed by atoms with Crippen molar-refractivity contribution in [1.82, 2.24) is 19.3 Å². The molecule has 0 saturated heterocycles. The topological polar surface area (TPSA) is 108 Å². The molecule has 1 amide bonds. The predicted molar refractivity (Wildman–Crippen MR) is 118 cm³/mol. The molecule has 0 aliphatic rings. The third-order valence-electron chi connectivity index (χ3n) is 4.84. The Hall–Kier alpha value is -3.63. The van der Waals surface area contributed by atoms with Crippen molar-refractivity contribution >= 4 is 32.7 Å². The van der Waals surface area contributed by atoms with Crippen LogP contribution in [-0.2, 0) is 21.2 Å². The molecule has 2 heterocycles. The molecule has 32 heavy (non-hydrogen) atoms. The van der Waals surface area contributed by atoms with Gasteiger partial charge in [0, 0.05) is 31.5 Å². The third kappa shape index (κ3) is 4.66. The Morgan fingerprint density at radius 3 is 2.72 bits per heavy atom. The number of aromatic nitrogens is 3. The molecule has 0 bridgehead atoms. The van der Waals surface area contributed by atoms with Gasteiger partial charge in [-0.05, 0) is 42.0 Å². The van der Waals surface area contributed by atoms with Crippen LogP contribution >= 0.6 is 0 Å². The fourth-order valence-corrected chi connectivity index (χ4v) is 4.31. The number of nitrogens with one attached hydrogen (secondary N) is 2. The summed E-state index contributed by atoms with van der Waals surface area (Å²) in [5.41, 5.74) is 2.35. The van der Waals surface area contributed by atoms with Crippen molar-refractivity contribution in [3.8, 4) is 0 Å². The molecule has 0 saturated carbocycles. The van der Waals surface area contributed by atoms with Crippen molar-refractivity contribution in [2.45, 2.75) is 11.3 Å². The molecule has 0 unspecified atom stereocenters. The smallest absolute Gasteiger partial charge is 0.244 e. The number of fused-ring (bicyclic) bond motifs is 1. The van der Waals surface area contributed by atoms with E-state index in [1.165, 1.54) is 37.6 Å². The number of hydrogen-bond donors (Lipinski definition) is 2. The van der Waals surface area contributed by atoms with E-state index in [1.54, 1.807) is 36.4 Å². The first-order valence-electron chi connectivity index (χ1n) is 9.71.